The molecule has 1 rings (SSSR count). The Balaban J connectivity index is 2.50. The SMILES string of the molecule is C[C@@H](NCC(=O)OC(C)(C)C)c1ccc(/C=N\NO)cc1. The van der Waals surface area contributed by atoms with Crippen molar-refractivity contribution in [1.82, 2.24) is 10.9 Å². The van der Waals surface area contributed by atoms with Gasteiger partial charge in [0.15, 0.2) is 0 Å². The highest BCUT2D eigenvalue weighted by Gasteiger charge is 2.16. The number of benzene rings is 1. The fraction of sp³-hybridized carbons (Fsp3) is 0.467. The Hall–Kier alpha value is -1.92. The average Bonchev–Trinajstić information content (AvgIpc) is 2.41. The molecule has 0 aliphatic carbocycles. The van der Waals surface area contributed by atoms with Gasteiger partial charge in [-0.25, -0.2) is 0 Å². The van der Waals surface area contributed by atoms with Gasteiger partial charge in [-0.05, 0) is 38.8 Å². The molecule has 0 saturated heterocycles. The number of ether oxygens (including phenoxy) is 1. The van der Waals surface area contributed by atoms with E-state index in [-0.39, 0.29) is 18.6 Å². The van der Waals surface area contributed by atoms with Crippen molar-refractivity contribution in [2.75, 3.05) is 6.54 Å². The fourth-order valence-corrected chi connectivity index (χ4v) is 1.71. The van der Waals surface area contributed by atoms with E-state index in [2.05, 4.69) is 10.4 Å². The van der Waals surface area contributed by atoms with E-state index in [4.69, 9.17) is 9.94 Å². The van der Waals surface area contributed by atoms with Crippen LogP contribution in [0.5, 0.6) is 0 Å². The van der Waals surface area contributed by atoms with Gasteiger partial charge >= 0.3 is 5.97 Å². The molecule has 6 heteroatoms. The van der Waals surface area contributed by atoms with Crippen LogP contribution in [0.15, 0.2) is 29.4 Å². The zero-order chi connectivity index (χ0) is 15.9. The minimum Gasteiger partial charge on any atom is -0.459 e. The Bertz CT molecular complexity index is 478. The number of carbonyl (C=O) groups is 1. The van der Waals surface area contributed by atoms with Crippen LogP contribution in [0, 0.1) is 0 Å². The first-order valence-corrected chi connectivity index (χ1v) is 6.79. The van der Waals surface area contributed by atoms with Crippen LogP contribution in [-0.4, -0.2) is 29.5 Å². The minimum absolute atomic E-state index is 0.0273. The molecule has 1 atom stereocenters. The molecular formula is C15H23N3O3. The Morgan fingerprint density at radius 3 is 2.52 bits per heavy atom. The number of carbonyl (C=O) groups excluding carboxylic acids is 1. The van der Waals surface area contributed by atoms with Gasteiger partial charge in [-0.15, -0.1) is 0 Å². The van der Waals surface area contributed by atoms with Gasteiger partial charge in [-0.3, -0.25) is 10.0 Å². The molecule has 0 radical (unpaired) electrons. The molecule has 1 aromatic carbocycles. The standard InChI is InChI=1S/C15H23N3O3/c1-11(16-10-14(19)21-15(2,3)4)13-7-5-12(6-8-13)9-17-18-20/h5-9,11,16,18,20H,10H2,1-4H3/b17-9-/t11-/m1/s1. The summed E-state index contributed by atoms with van der Waals surface area (Å²) >= 11 is 0. The molecule has 0 bridgehead atoms. The lowest BCUT2D eigenvalue weighted by molar-refractivity contribution is -0.153. The largest absolute Gasteiger partial charge is 0.459 e. The van der Waals surface area contributed by atoms with Crippen molar-refractivity contribution >= 4 is 12.2 Å². The summed E-state index contributed by atoms with van der Waals surface area (Å²) in [5, 5.41) is 15.0. The van der Waals surface area contributed by atoms with Crippen LogP contribution in [0.25, 0.3) is 0 Å². The van der Waals surface area contributed by atoms with E-state index >= 15 is 0 Å². The number of nitrogens with zero attached hydrogens (tertiary/aromatic N) is 1. The van der Waals surface area contributed by atoms with E-state index in [1.807, 2.05) is 52.0 Å². The molecule has 1 aromatic rings. The maximum Gasteiger partial charge on any atom is 0.320 e. The van der Waals surface area contributed by atoms with E-state index in [9.17, 15) is 4.79 Å². The number of hydrogen-bond acceptors (Lipinski definition) is 6. The monoisotopic (exact) mass is 293 g/mol. The number of rotatable bonds is 6. The third-order valence-corrected chi connectivity index (χ3v) is 2.68. The topological polar surface area (TPSA) is 83.0 Å². The summed E-state index contributed by atoms with van der Waals surface area (Å²) in [6.45, 7) is 7.67. The maximum atomic E-state index is 11.6. The van der Waals surface area contributed by atoms with Crippen LogP contribution in [-0.2, 0) is 9.53 Å². The smallest absolute Gasteiger partial charge is 0.320 e. The quantitative estimate of drug-likeness (QED) is 0.424. The molecule has 0 aliphatic rings. The minimum atomic E-state index is -0.469. The van der Waals surface area contributed by atoms with Gasteiger partial charge in [0, 0.05) is 6.04 Å². The third-order valence-electron chi connectivity index (χ3n) is 2.68. The normalized spacial score (nSPS) is 13.2. The summed E-state index contributed by atoms with van der Waals surface area (Å²) in [4.78, 5) is 11.6. The van der Waals surface area contributed by atoms with Crippen molar-refractivity contribution in [2.24, 2.45) is 5.10 Å². The van der Waals surface area contributed by atoms with Crippen LogP contribution in [0.2, 0.25) is 0 Å². The predicted molar refractivity (Wildman–Crippen MR) is 81.2 cm³/mol. The van der Waals surface area contributed by atoms with E-state index < -0.39 is 5.60 Å². The van der Waals surface area contributed by atoms with Crippen LogP contribution >= 0.6 is 0 Å². The van der Waals surface area contributed by atoms with Gasteiger partial charge < -0.3 is 10.1 Å². The lowest BCUT2D eigenvalue weighted by atomic mass is 10.1. The van der Waals surface area contributed by atoms with Crippen molar-refractivity contribution in [2.45, 2.75) is 39.3 Å². The first kappa shape index (κ1) is 17.1. The molecule has 116 valence electrons. The fourth-order valence-electron chi connectivity index (χ4n) is 1.71. The summed E-state index contributed by atoms with van der Waals surface area (Å²) in [6, 6.07) is 7.65. The summed E-state index contributed by atoms with van der Waals surface area (Å²) in [5.41, 5.74) is 3.15. The molecule has 0 aromatic heterocycles. The van der Waals surface area contributed by atoms with Crippen LogP contribution in [0.3, 0.4) is 0 Å². The first-order chi connectivity index (χ1) is 9.81. The third kappa shape index (κ3) is 6.87. The van der Waals surface area contributed by atoms with Gasteiger partial charge in [0.25, 0.3) is 0 Å². The predicted octanol–water partition coefficient (Wildman–Crippen LogP) is 1.99. The van der Waals surface area contributed by atoms with Crippen molar-refractivity contribution in [3.63, 3.8) is 0 Å². The average molecular weight is 293 g/mol. The highest BCUT2D eigenvalue weighted by molar-refractivity contribution is 5.79. The maximum absolute atomic E-state index is 11.6. The summed E-state index contributed by atoms with van der Waals surface area (Å²) in [6.07, 6.45) is 1.50. The second-order valence-corrected chi connectivity index (χ2v) is 5.71. The molecule has 0 spiro atoms. The van der Waals surface area contributed by atoms with Crippen LogP contribution in [0.1, 0.15) is 44.9 Å². The second-order valence-electron chi connectivity index (χ2n) is 5.71. The zero-order valence-corrected chi connectivity index (χ0v) is 12.9. The van der Waals surface area contributed by atoms with Gasteiger partial charge in [0.2, 0.25) is 0 Å². The Morgan fingerprint density at radius 2 is 2.00 bits per heavy atom. The van der Waals surface area contributed by atoms with Crippen molar-refractivity contribution < 1.29 is 14.7 Å². The van der Waals surface area contributed by atoms with Crippen molar-refractivity contribution in [1.29, 1.82) is 0 Å². The van der Waals surface area contributed by atoms with Crippen LogP contribution < -0.4 is 10.9 Å². The van der Waals surface area contributed by atoms with E-state index in [0.29, 0.717) is 0 Å². The Morgan fingerprint density at radius 1 is 1.38 bits per heavy atom. The number of hydrazone groups is 1. The molecule has 0 fully saturated rings. The van der Waals surface area contributed by atoms with E-state index in [1.165, 1.54) is 6.21 Å². The van der Waals surface area contributed by atoms with E-state index in [1.54, 1.807) is 5.59 Å². The molecule has 21 heavy (non-hydrogen) atoms. The summed E-state index contributed by atoms with van der Waals surface area (Å²) in [7, 11) is 0. The van der Waals surface area contributed by atoms with E-state index in [0.717, 1.165) is 11.1 Å². The Kier molecular flexibility index (Phi) is 6.33. The van der Waals surface area contributed by atoms with Gasteiger partial charge in [0.1, 0.15) is 5.60 Å². The summed E-state index contributed by atoms with van der Waals surface area (Å²) < 4.78 is 5.24. The molecule has 0 amide bonds. The van der Waals surface area contributed by atoms with Crippen molar-refractivity contribution in [3.8, 4) is 0 Å². The van der Waals surface area contributed by atoms with Gasteiger partial charge in [0.05, 0.1) is 12.8 Å². The number of nitrogens with one attached hydrogen (secondary N) is 2. The molecular weight excluding hydrogens is 270 g/mol. The Labute approximate surface area is 125 Å². The lowest BCUT2D eigenvalue weighted by Gasteiger charge is -2.21. The second kappa shape index (κ2) is 7.75. The number of esters is 1. The molecule has 0 aliphatic heterocycles. The highest BCUT2D eigenvalue weighted by atomic mass is 16.6. The van der Waals surface area contributed by atoms with Crippen LogP contribution in [0.4, 0.5) is 0 Å². The first-order valence-electron chi connectivity index (χ1n) is 6.79. The summed E-state index contributed by atoms with van der Waals surface area (Å²) in [5.74, 6) is -0.271. The number of hydrogen-bond donors (Lipinski definition) is 3. The molecule has 6 nitrogen and oxygen atoms in total. The van der Waals surface area contributed by atoms with Crippen molar-refractivity contribution in [3.05, 3.63) is 35.4 Å². The molecule has 0 unspecified atom stereocenters. The molecule has 0 heterocycles. The highest BCUT2D eigenvalue weighted by Crippen LogP contribution is 2.13. The lowest BCUT2D eigenvalue weighted by Crippen LogP contribution is -2.32. The van der Waals surface area contributed by atoms with Gasteiger partial charge in [-0.1, -0.05) is 24.3 Å². The van der Waals surface area contributed by atoms with Gasteiger partial charge in [-0.2, -0.15) is 10.7 Å². The molecule has 3 N–H and O–H groups in total. The molecule has 0 saturated carbocycles. The zero-order valence-electron chi connectivity index (χ0n) is 12.9.